The van der Waals surface area contributed by atoms with E-state index in [4.69, 9.17) is 0 Å². The summed E-state index contributed by atoms with van der Waals surface area (Å²) in [5.74, 6) is -0.407. The molecule has 2 N–H and O–H groups in total. The van der Waals surface area contributed by atoms with E-state index in [-0.39, 0.29) is 23.3 Å². The van der Waals surface area contributed by atoms with Crippen molar-refractivity contribution >= 4 is 11.6 Å². The average molecular weight is 394 g/mol. The first kappa shape index (κ1) is 19.2. The third kappa shape index (κ3) is 3.88. The molecule has 1 amide bonds. The standard InChI is InChI=1S/C21H23FN6O/c1-13(2)19(28-26-20(25-27-28)14-6-4-3-5-7-14)21(29)24-17-9-8-15-12-23-11-10-16(15)18(17)22/h3-9,13,19,23H,10-12H2,1-2H3,(H,24,29). The van der Waals surface area contributed by atoms with E-state index < -0.39 is 6.04 Å². The van der Waals surface area contributed by atoms with Gasteiger partial charge in [0, 0.05) is 12.1 Å². The minimum absolute atomic E-state index is 0.113. The van der Waals surface area contributed by atoms with Crippen molar-refractivity contribution in [3.05, 3.63) is 59.4 Å². The highest BCUT2D eigenvalue weighted by atomic mass is 19.1. The molecule has 0 radical (unpaired) electrons. The number of halogens is 1. The number of rotatable bonds is 5. The van der Waals surface area contributed by atoms with Gasteiger partial charge in [0.15, 0.2) is 6.04 Å². The molecular formula is C21H23FN6O. The topological polar surface area (TPSA) is 84.7 Å². The van der Waals surface area contributed by atoms with Crippen molar-refractivity contribution in [1.82, 2.24) is 25.5 Å². The first-order valence-corrected chi connectivity index (χ1v) is 9.71. The quantitative estimate of drug-likeness (QED) is 0.695. The third-order valence-corrected chi connectivity index (χ3v) is 5.07. The summed E-state index contributed by atoms with van der Waals surface area (Å²) in [4.78, 5) is 14.3. The predicted molar refractivity (Wildman–Crippen MR) is 108 cm³/mol. The van der Waals surface area contributed by atoms with Crippen LogP contribution in [-0.2, 0) is 17.8 Å². The lowest BCUT2D eigenvalue weighted by Gasteiger charge is -2.22. The number of nitrogens with zero attached hydrogens (tertiary/aromatic N) is 4. The second kappa shape index (κ2) is 8.08. The van der Waals surface area contributed by atoms with E-state index >= 15 is 0 Å². The zero-order valence-corrected chi connectivity index (χ0v) is 16.4. The molecule has 1 aliphatic rings. The number of carbonyl (C=O) groups excluding carboxylic acids is 1. The van der Waals surface area contributed by atoms with E-state index in [0.717, 1.165) is 17.7 Å². The second-order valence-corrected chi connectivity index (χ2v) is 7.47. The minimum atomic E-state index is -0.711. The van der Waals surface area contributed by atoms with Crippen molar-refractivity contribution in [2.75, 3.05) is 11.9 Å². The summed E-state index contributed by atoms with van der Waals surface area (Å²) in [7, 11) is 0. The number of tetrazole rings is 1. The molecule has 0 saturated heterocycles. The van der Waals surface area contributed by atoms with Crippen LogP contribution in [-0.4, -0.2) is 32.7 Å². The number of hydrogen-bond acceptors (Lipinski definition) is 5. The minimum Gasteiger partial charge on any atom is -0.322 e. The molecule has 3 aromatic rings. The Bertz CT molecular complexity index is 1020. The predicted octanol–water partition coefficient (Wildman–Crippen LogP) is 2.96. The van der Waals surface area contributed by atoms with E-state index in [0.29, 0.717) is 24.4 Å². The number of nitrogens with one attached hydrogen (secondary N) is 2. The maximum Gasteiger partial charge on any atom is 0.251 e. The lowest BCUT2D eigenvalue weighted by atomic mass is 9.99. The highest BCUT2D eigenvalue weighted by Crippen LogP contribution is 2.26. The van der Waals surface area contributed by atoms with Gasteiger partial charge in [0.05, 0.1) is 5.69 Å². The van der Waals surface area contributed by atoms with Crippen LogP contribution in [0, 0.1) is 11.7 Å². The van der Waals surface area contributed by atoms with Crippen LogP contribution in [0.25, 0.3) is 11.4 Å². The Morgan fingerprint density at radius 2 is 2.00 bits per heavy atom. The summed E-state index contributed by atoms with van der Waals surface area (Å²) in [6.07, 6.45) is 0.601. The molecular weight excluding hydrogens is 371 g/mol. The van der Waals surface area contributed by atoms with Crippen molar-refractivity contribution in [1.29, 1.82) is 0 Å². The molecule has 8 heteroatoms. The Kier molecular flexibility index (Phi) is 5.35. The molecule has 2 aromatic carbocycles. The van der Waals surface area contributed by atoms with Crippen LogP contribution in [0.3, 0.4) is 0 Å². The monoisotopic (exact) mass is 394 g/mol. The number of anilines is 1. The Labute approximate surface area is 168 Å². The molecule has 1 atom stereocenters. The number of fused-ring (bicyclic) bond motifs is 1. The SMILES string of the molecule is CC(C)C(C(=O)Nc1ccc2c(c1F)CCNC2)n1nnc(-c2ccccc2)n1. The number of benzene rings is 2. The molecule has 0 saturated carbocycles. The summed E-state index contributed by atoms with van der Waals surface area (Å²) >= 11 is 0. The van der Waals surface area contributed by atoms with Crippen LogP contribution in [0.1, 0.15) is 31.0 Å². The summed E-state index contributed by atoms with van der Waals surface area (Å²) in [5, 5.41) is 18.5. The number of aromatic nitrogens is 4. The lowest BCUT2D eigenvalue weighted by molar-refractivity contribution is -0.121. The normalized spacial score (nSPS) is 14.5. The Morgan fingerprint density at radius 1 is 1.21 bits per heavy atom. The zero-order chi connectivity index (χ0) is 20.4. The Balaban J connectivity index is 1.58. The van der Waals surface area contributed by atoms with E-state index in [1.165, 1.54) is 4.80 Å². The van der Waals surface area contributed by atoms with Gasteiger partial charge in [-0.2, -0.15) is 4.80 Å². The Hall–Kier alpha value is -3.13. The lowest BCUT2D eigenvalue weighted by Crippen LogP contribution is -2.32. The van der Waals surface area contributed by atoms with E-state index in [2.05, 4.69) is 26.0 Å². The fourth-order valence-corrected chi connectivity index (χ4v) is 3.56. The van der Waals surface area contributed by atoms with Crippen molar-refractivity contribution in [2.45, 2.75) is 32.9 Å². The summed E-state index contributed by atoms with van der Waals surface area (Å²) in [6, 6.07) is 12.2. The fraction of sp³-hybridized carbons (Fsp3) is 0.333. The maximum atomic E-state index is 14.9. The largest absolute Gasteiger partial charge is 0.322 e. The Morgan fingerprint density at radius 3 is 2.76 bits per heavy atom. The van der Waals surface area contributed by atoms with Gasteiger partial charge in [0.1, 0.15) is 5.82 Å². The maximum absolute atomic E-state index is 14.9. The number of carbonyl (C=O) groups is 1. The van der Waals surface area contributed by atoms with Gasteiger partial charge in [-0.25, -0.2) is 4.39 Å². The molecule has 1 aliphatic heterocycles. The third-order valence-electron chi connectivity index (χ3n) is 5.07. The van der Waals surface area contributed by atoms with Gasteiger partial charge in [0.2, 0.25) is 5.82 Å². The van der Waals surface area contributed by atoms with Gasteiger partial charge in [0.25, 0.3) is 5.91 Å². The van der Waals surface area contributed by atoms with Gasteiger partial charge in [-0.05, 0) is 41.3 Å². The zero-order valence-electron chi connectivity index (χ0n) is 16.4. The van der Waals surface area contributed by atoms with Crippen molar-refractivity contribution < 1.29 is 9.18 Å². The molecule has 7 nitrogen and oxygen atoms in total. The molecule has 1 unspecified atom stereocenters. The highest BCUT2D eigenvalue weighted by Gasteiger charge is 2.28. The molecule has 29 heavy (non-hydrogen) atoms. The highest BCUT2D eigenvalue weighted by molar-refractivity contribution is 5.94. The molecule has 150 valence electrons. The van der Waals surface area contributed by atoms with Gasteiger partial charge < -0.3 is 10.6 Å². The molecule has 0 bridgehead atoms. The van der Waals surface area contributed by atoms with Gasteiger partial charge in [-0.3, -0.25) is 4.79 Å². The van der Waals surface area contributed by atoms with E-state index in [1.807, 2.05) is 50.2 Å². The average Bonchev–Trinajstić information content (AvgIpc) is 3.20. The van der Waals surface area contributed by atoms with E-state index in [1.54, 1.807) is 6.07 Å². The van der Waals surface area contributed by atoms with Crippen LogP contribution in [0.5, 0.6) is 0 Å². The first-order chi connectivity index (χ1) is 14.0. The van der Waals surface area contributed by atoms with Crippen LogP contribution < -0.4 is 10.6 Å². The fourth-order valence-electron chi connectivity index (χ4n) is 3.56. The van der Waals surface area contributed by atoms with Crippen molar-refractivity contribution in [3.8, 4) is 11.4 Å². The van der Waals surface area contributed by atoms with Crippen molar-refractivity contribution in [3.63, 3.8) is 0 Å². The van der Waals surface area contributed by atoms with E-state index in [9.17, 15) is 9.18 Å². The van der Waals surface area contributed by atoms with Gasteiger partial charge in [-0.15, -0.1) is 10.2 Å². The smallest absolute Gasteiger partial charge is 0.251 e. The van der Waals surface area contributed by atoms with Gasteiger partial charge >= 0.3 is 0 Å². The molecule has 4 rings (SSSR count). The van der Waals surface area contributed by atoms with Crippen LogP contribution >= 0.6 is 0 Å². The summed E-state index contributed by atoms with van der Waals surface area (Å²) < 4.78 is 14.9. The molecule has 0 fully saturated rings. The van der Waals surface area contributed by atoms with Gasteiger partial charge in [-0.1, -0.05) is 50.2 Å². The summed E-state index contributed by atoms with van der Waals surface area (Å²) in [5.41, 5.74) is 2.59. The molecule has 0 spiro atoms. The van der Waals surface area contributed by atoms with Crippen LogP contribution in [0.2, 0.25) is 0 Å². The van der Waals surface area contributed by atoms with Crippen LogP contribution in [0.4, 0.5) is 10.1 Å². The molecule has 2 heterocycles. The van der Waals surface area contributed by atoms with Crippen molar-refractivity contribution in [2.24, 2.45) is 5.92 Å². The number of hydrogen-bond donors (Lipinski definition) is 2. The van der Waals surface area contributed by atoms with Crippen LogP contribution in [0.15, 0.2) is 42.5 Å². The molecule has 0 aliphatic carbocycles. The molecule has 1 aromatic heterocycles. The summed E-state index contributed by atoms with van der Waals surface area (Å²) in [6.45, 7) is 5.15. The number of amides is 1. The second-order valence-electron chi connectivity index (χ2n) is 7.47. The first-order valence-electron chi connectivity index (χ1n) is 9.71.